The van der Waals surface area contributed by atoms with Gasteiger partial charge in [-0.2, -0.15) is 0 Å². The van der Waals surface area contributed by atoms with E-state index >= 15 is 0 Å². The Labute approximate surface area is 105 Å². The van der Waals surface area contributed by atoms with Gasteiger partial charge >= 0.3 is 0 Å². The Morgan fingerprint density at radius 2 is 2.17 bits per heavy atom. The van der Waals surface area contributed by atoms with Gasteiger partial charge < -0.3 is 25.2 Å². The minimum Gasteiger partial charge on any atom is -0.482 e. The zero-order valence-corrected chi connectivity index (χ0v) is 10.1. The number of aliphatic hydroxyl groups is 2. The lowest BCUT2D eigenvalue weighted by molar-refractivity contribution is -0.120. The van der Waals surface area contributed by atoms with Crippen LogP contribution in [0.1, 0.15) is 0 Å². The molecule has 1 aliphatic rings. The number of likely N-dealkylation sites (N-methyl/N-ethyl adjacent to an activating group) is 1. The smallest absolute Gasteiger partial charge is 0.264 e. The molecule has 98 valence electrons. The van der Waals surface area contributed by atoms with Crippen molar-refractivity contribution in [2.24, 2.45) is 0 Å². The molecule has 3 N–H and O–H groups in total. The van der Waals surface area contributed by atoms with E-state index in [-0.39, 0.29) is 25.7 Å². The monoisotopic (exact) mass is 252 g/mol. The summed E-state index contributed by atoms with van der Waals surface area (Å²) in [7, 11) is 1.68. The molecule has 0 fully saturated rings. The second-order valence-corrected chi connectivity index (χ2v) is 4.13. The van der Waals surface area contributed by atoms with Gasteiger partial charge in [-0.3, -0.25) is 4.79 Å². The summed E-state index contributed by atoms with van der Waals surface area (Å²) in [6.45, 7) is -0.288. The number of nitrogens with one attached hydrogen (secondary N) is 1. The lowest BCUT2D eigenvalue weighted by Gasteiger charge is -2.27. The van der Waals surface area contributed by atoms with Crippen molar-refractivity contribution in [3.05, 3.63) is 18.2 Å². The number of amides is 1. The van der Waals surface area contributed by atoms with Crippen LogP contribution in [0.15, 0.2) is 18.2 Å². The summed E-state index contributed by atoms with van der Waals surface area (Å²) in [5.41, 5.74) is 1.39. The third kappa shape index (κ3) is 2.39. The fourth-order valence-corrected chi connectivity index (χ4v) is 1.75. The number of fused-ring (bicyclic) bond motifs is 1. The van der Waals surface area contributed by atoms with E-state index in [1.165, 1.54) is 4.90 Å². The fraction of sp³-hybridized carbons (Fsp3) is 0.417. The number of carbonyl (C=O) groups excluding carboxylic acids is 1. The van der Waals surface area contributed by atoms with Gasteiger partial charge in [-0.1, -0.05) is 0 Å². The van der Waals surface area contributed by atoms with Gasteiger partial charge in [0.15, 0.2) is 6.61 Å². The first-order valence-corrected chi connectivity index (χ1v) is 5.67. The number of anilines is 2. The van der Waals surface area contributed by atoms with Gasteiger partial charge in [-0.25, -0.2) is 0 Å². The van der Waals surface area contributed by atoms with E-state index in [1.54, 1.807) is 25.2 Å². The van der Waals surface area contributed by atoms with Crippen LogP contribution in [0.4, 0.5) is 11.4 Å². The third-order valence-corrected chi connectivity index (χ3v) is 2.86. The Balaban J connectivity index is 2.23. The summed E-state index contributed by atoms with van der Waals surface area (Å²) in [5, 5.41) is 21.0. The van der Waals surface area contributed by atoms with Gasteiger partial charge in [0.2, 0.25) is 0 Å². The number of nitrogens with zero attached hydrogens (tertiary/aromatic N) is 1. The maximum absolute atomic E-state index is 11.5. The van der Waals surface area contributed by atoms with Crippen molar-refractivity contribution in [2.75, 3.05) is 37.1 Å². The highest BCUT2D eigenvalue weighted by Gasteiger charge is 2.22. The third-order valence-electron chi connectivity index (χ3n) is 2.86. The van der Waals surface area contributed by atoms with Crippen LogP contribution in [0.2, 0.25) is 0 Å². The molecule has 0 spiro atoms. The number of hydrogen-bond donors (Lipinski definition) is 3. The molecule has 18 heavy (non-hydrogen) atoms. The van der Waals surface area contributed by atoms with Gasteiger partial charge in [0, 0.05) is 12.7 Å². The van der Waals surface area contributed by atoms with Crippen molar-refractivity contribution in [3.8, 4) is 5.75 Å². The Kier molecular flexibility index (Phi) is 3.69. The van der Waals surface area contributed by atoms with Crippen LogP contribution in [-0.4, -0.2) is 49.0 Å². The molecular formula is C12H16N2O4. The van der Waals surface area contributed by atoms with Crippen molar-refractivity contribution in [1.82, 2.24) is 0 Å². The lowest BCUT2D eigenvalue weighted by atomic mass is 10.2. The first kappa shape index (κ1) is 12.7. The molecule has 6 heteroatoms. The van der Waals surface area contributed by atoms with E-state index < -0.39 is 6.04 Å². The number of hydrogen-bond acceptors (Lipinski definition) is 5. The molecule has 0 saturated carbocycles. The van der Waals surface area contributed by atoms with Gasteiger partial charge in [0.1, 0.15) is 5.75 Å². The van der Waals surface area contributed by atoms with Gasteiger partial charge in [-0.05, 0) is 18.2 Å². The van der Waals surface area contributed by atoms with Crippen LogP contribution in [0.5, 0.6) is 5.75 Å². The Morgan fingerprint density at radius 3 is 2.83 bits per heavy atom. The molecule has 6 nitrogen and oxygen atoms in total. The van der Waals surface area contributed by atoms with Crippen molar-refractivity contribution >= 4 is 17.3 Å². The minimum absolute atomic E-state index is 0.0478. The van der Waals surface area contributed by atoms with Crippen molar-refractivity contribution in [1.29, 1.82) is 0 Å². The zero-order chi connectivity index (χ0) is 13.1. The Bertz CT molecular complexity index is 446. The molecule has 0 aliphatic carbocycles. The van der Waals surface area contributed by atoms with E-state index in [4.69, 9.17) is 14.9 Å². The molecule has 1 heterocycles. The standard InChI is InChI=1S/C12H16N2O4/c1-14-10-4-8(13-9(5-15)6-16)2-3-11(10)18-7-12(14)17/h2-4,9,13,15-16H,5-7H2,1H3. The summed E-state index contributed by atoms with van der Waals surface area (Å²) >= 11 is 0. The highest BCUT2D eigenvalue weighted by atomic mass is 16.5. The molecule has 1 aromatic carbocycles. The predicted molar refractivity (Wildman–Crippen MR) is 66.9 cm³/mol. The first-order chi connectivity index (χ1) is 8.65. The number of carbonyl (C=O) groups is 1. The van der Waals surface area contributed by atoms with E-state index in [2.05, 4.69) is 5.32 Å². The Morgan fingerprint density at radius 1 is 1.44 bits per heavy atom. The zero-order valence-electron chi connectivity index (χ0n) is 10.1. The number of rotatable bonds is 4. The summed E-state index contributed by atoms with van der Waals surface area (Å²) in [6.07, 6.45) is 0. The number of aliphatic hydroxyl groups excluding tert-OH is 2. The molecule has 0 unspecified atom stereocenters. The molecule has 0 aromatic heterocycles. The SMILES string of the molecule is CN1C(=O)COc2ccc(NC(CO)CO)cc21. The Hall–Kier alpha value is -1.79. The molecule has 0 radical (unpaired) electrons. The maximum atomic E-state index is 11.5. The molecule has 0 saturated heterocycles. The van der Waals surface area contributed by atoms with Crippen LogP contribution in [0.3, 0.4) is 0 Å². The topological polar surface area (TPSA) is 82.0 Å². The summed E-state index contributed by atoms with van der Waals surface area (Å²) in [5.74, 6) is 0.535. The second kappa shape index (κ2) is 5.24. The van der Waals surface area contributed by atoms with Crippen LogP contribution < -0.4 is 15.0 Å². The van der Waals surface area contributed by atoms with Gasteiger partial charge in [-0.15, -0.1) is 0 Å². The van der Waals surface area contributed by atoms with Crippen LogP contribution in [-0.2, 0) is 4.79 Å². The average Bonchev–Trinajstić information content (AvgIpc) is 2.40. The average molecular weight is 252 g/mol. The predicted octanol–water partition coefficient (Wildman–Crippen LogP) is -0.193. The van der Waals surface area contributed by atoms with Crippen molar-refractivity contribution in [2.45, 2.75) is 6.04 Å². The van der Waals surface area contributed by atoms with Gasteiger partial charge in [0.05, 0.1) is 24.9 Å². The quantitative estimate of drug-likeness (QED) is 0.691. The summed E-state index contributed by atoms with van der Waals surface area (Å²) in [6, 6.07) is 4.87. The van der Waals surface area contributed by atoms with E-state index in [0.29, 0.717) is 17.1 Å². The molecule has 2 rings (SSSR count). The second-order valence-electron chi connectivity index (χ2n) is 4.13. The fourth-order valence-electron chi connectivity index (χ4n) is 1.75. The van der Waals surface area contributed by atoms with E-state index in [0.717, 1.165) is 0 Å². The van der Waals surface area contributed by atoms with E-state index in [1.807, 2.05) is 0 Å². The van der Waals surface area contributed by atoms with Gasteiger partial charge in [0.25, 0.3) is 5.91 Å². The van der Waals surface area contributed by atoms with E-state index in [9.17, 15) is 4.79 Å². The molecule has 1 aliphatic heterocycles. The minimum atomic E-state index is -0.423. The number of benzene rings is 1. The van der Waals surface area contributed by atoms with Crippen LogP contribution in [0, 0.1) is 0 Å². The molecule has 1 aromatic rings. The normalized spacial score (nSPS) is 14.4. The molecule has 1 amide bonds. The maximum Gasteiger partial charge on any atom is 0.264 e. The van der Waals surface area contributed by atoms with Crippen LogP contribution >= 0.6 is 0 Å². The molecule has 0 bridgehead atoms. The molecule has 0 atom stereocenters. The highest BCUT2D eigenvalue weighted by Crippen LogP contribution is 2.33. The molecular weight excluding hydrogens is 236 g/mol. The summed E-state index contributed by atoms with van der Waals surface area (Å²) in [4.78, 5) is 13.0. The largest absolute Gasteiger partial charge is 0.482 e. The highest BCUT2D eigenvalue weighted by molar-refractivity contribution is 5.97. The number of ether oxygens (including phenoxy) is 1. The van der Waals surface area contributed by atoms with Crippen molar-refractivity contribution in [3.63, 3.8) is 0 Å². The van der Waals surface area contributed by atoms with Crippen LogP contribution in [0.25, 0.3) is 0 Å². The lowest BCUT2D eigenvalue weighted by Crippen LogP contribution is -2.35. The first-order valence-electron chi connectivity index (χ1n) is 5.67. The van der Waals surface area contributed by atoms with Crippen molar-refractivity contribution < 1.29 is 19.7 Å². The summed E-state index contributed by atoms with van der Waals surface area (Å²) < 4.78 is 5.30.